The quantitative estimate of drug-likeness (QED) is 0.0673. The summed E-state index contributed by atoms with van der Waals surface area (Å²) in [7, 11) is 0. The van der Waals surface area contributed by atoms with E-state index in [4.69, 9.17) is 11.5 Å². The zero-order valence-electron chi connectivity index (χ0n) is 27.1. The van der Waals surface area contributed by atoms with Crippen LogP contribution in [-0.4, -0.2) is 11.8 Å². The van der Waals surface area contributed by atoms with E-state index in [0.717, 1.165) is 25.7 Å². The Bertz CT molecular complexity index is 521. The minimum Gasteiger partial charge on any atom is -0.370 e. The van der Waals surface area contributed by atoms with Gasteiger partial charge in [0.1, 0.15) is 0 Å². The zero-order valence-corrected chi connectivity index (χ0v) is 27.1. The van der Waals surface area contributed by atoms with Gasteiger partial charge in [0, 0.05) is 12.8 Å². The topological polar surface area (TPSA) is 86.2 Å². The Morgan fingerprint density at radius 3 is 0.850 bits per heavy atom. The molecule has 0 spiro atoms. The molecule has 40 heavy (non-hydrogen) atoms. The van der Waals surface area contributed by atoms with E-state index in [2.05, 4.69) is 38.2 Å². The average Bonchev–Trinajstić information content (AvgIpc) is 2.93. The molecule has 0 aromatic rings. The van der Waals surface area contributed by atoms with Gasteiger partial charge in [0.25, 0.3) is 0 Å². The van der Waals surface area contributed by atoms with Gasteiger partial charge in [-0.3, -0.25) is 9.59 Å². The van der Waals surface area contributed by atoms with Gasteiger partial charge in [-0.1, -0.05) is 141 Å². The number of nitrogens with two attached hydrogens (primary N) is 2. The summed E-state index contributed by atoms with van der Waals surface area (Å²) in [5.41, 5.74) is 10.2. The summed E-state index contributed by atoms with van der Waals surface area (Å²) in [5, 5.41) is 0. The van der Waals surface area contributed by atoms with Crippen molar-refractivity contribution < 1.29 is 9.59 Å². The third-order valence-corrected chi connectivity index (χ3v) is 7.37. The number of rotatable bonds is 30. The second-order valence-corrected chi connectivity index (χ2v) is 11.6. The lowest BCUT2D eigenvalue weighted by atomic mass is 10.1. The fraction of sp³-hybridized carbons (Fsp3) is 0.833. The Morgan fingerprint density at radius 2 is 0.600 bits per heavy atom. The Morgan fingerprint density at radius 1 is 0.375 bits per heavy atom. The monoisotopic (exact) mass is 563 g/mol. The van der Waals surface area contributed by atoms with E-state index in [0.29, 0.717) is 12.8 Å². The molecule has 0 radical (unpaired) electrons. The Balaban J connectivity index is 0. The summed E-state index contributed by atoms with van der Waals surface area (Å²) in [6, 6.07) is 0. The van der Waals surface area contributed by atoms with Gasteiger partial charge in [-0.2, -0.15) is 0 Å². The van der Waals surface area contributed by atoms with Crippen LogP contribution in [0, 0.1) is 0 Å². The van der Waals surface area contributed by atoms with Crippen LogP contribution in [0.1, 0.15) is 194 Å². The van der Waals surface area contributed by atoms with E-state index in [1.807, 2.05) is 0 Å². The second kappa shape index (κ2) is 37.4. The summed E-state index contributed by atoms with van der Waals surface area (Å²) in [6.45, 7) is 4.53. The zero-order chi connectivity index (χ0) is 29.8. The van der Waals surface area contributed by atoms with Crippen molar-refractivity contribution in [3.63, 3.8) is 0 Å². The first-order valence-corrected chi connectivity index (χ1v) is 17.4. The Kier molecular flexibility index (Phi) is 37.9. The van der Waals surface area contributed by atoms with E-state index < -0.39 is 0 Å². The number of primary amides is 2. The van der Waals surface area contributed by atoms with Crippen molar-refractivity contribution in [2.75, 3.05) is 0 Å². The third-order valence-electron chi connectivity index (χ3n) is 7.37. The predicted octanol–water partition coefficient (Wildman–Crippen LogP) is 11.0. The molecule has 4 nitrogen and oxygen atoms in total. The fourth-order valence-electron chi connectivity index (χ4n) is 4.74. The lowest BCUT2D eigenvalue weighted by Gasteiger charge is -1.99. The molecule has 2 amide bonds. The molecule has 0 saturated carbocycles. The molecule has 0 aliphatic carbocycles. The fourth-order valence-corrected chi connectivity index (χ4v) is 4.74. The first-order chi connectivity index (χ1) is 19.5. The molecular weight excluding hydrogens is 492 g/mol. The van der Waals surface area contributed by atoms with Gasteiger partial charge in [-0.05, 0) is 64.2 Å². The highest BCUT2D eigenvalue weighted by atomic mass is 16.1. The third kappa shape index (κ3) is 43.5. The number of allylic oxidation sites excluding steroid dienone is 4. The van der Waals surface area contributed by atoms with Gasteiger partial charge < -0.3 is 11.5 Å². The Hall–Kier alpha value is -1.58. The molecule has 0 aliphatic heterocycles. The summed E-state index contributed by atoms with van der Waals surface area (Å²) in [6.07, 6.45) is 43.8. The van der Waals surface area contributed by atoms with Gasteiger partial charge in [0.2, 0.25) is 11.8 Å². The molecule has 0 aliphatic rings. The van der Waals surface area contributed by atoms with Gasteiger partial charge in [-0.25, -0.2) is 0 Å². The molecule has 0 fully saturated rings. The molecule has 4 heteroatoms. The number of hydrogen-bond acceptors (Lipinski definition) is 2. The molecule has 0 saturated heterocycles. The van der Waals surface area contributed by atoms with E-state index in [1.165, 1.54) is 141 Å². The van der Waals surface area contributed by atoms with Crippen molar-refractivity contribution >= 4 is 11.8 Å². The standard InChI is InChI=1S/2C18H35NO/c2*1-2-3-4-5-6-7-8-9-10-11-12-13-14-15-16-17-18(19)20/h2*9-10H,2-8,11-17H2,1H3,(H2,19,20)/b2*10-9-. The highest BCUT2D eigenvalue weighted by Crippen LogP contribution is 2.11. The Labute approximate surface area is 250 Å². The van der Waals surface area contributed by atoms with Crippen LogP contribution in [0.15, 0.2) is 24.3 Å². The molecule has 0 rings (SSSR count). The molecule has 0 heterocycles. The number of unbranched alkanes of at least 4 members (excludes halogenated alkanes) is 22. The minimum absolute atomic E-state index is 0.164. The van der Waals surface area contributed by atoms with Crippen molar-refractivity contribution in [2.45, 2.75) is 194 Å². The van der Waals surface area contributed by atoms with Crippen LogP contribution in [0.5, 0.6) is 0 Å². The van der Waals surface area contributed by atoms with Gasteiger partial charge in [-0.15, -0.1) is 0 Å². The molecule has 0 aromatic heterocycles. The molecule has 4 N–H and O–H groups in total. The normalized spacial score (nSPS) is 11.2. The lowest BCUT2D eigenvalue weighted by molar-refractivity contribution is -0.119. The SMILES string of the molecule is CCCCCCCC/C=C\CCCCCCCC(N)=O.CCCCCCCC/C=C\CCCCCCCC(N)=O. The maximum atomic E-state index is 10.5. The van der Waals surface area contributed by atoms with Crippen molar-refractivity contribution in [3.8, 4) is 0 Å². The van der Waals surface area contributed by atoms with Crippen LogP contribution in [0.2, 0.25) is 0 Å². The lowest BCUT2D eigenvalue weighted by Crippen LogP contribution is -2.09. The molecular formula is C36H70N2O2. The van der Waals surface area contributed by atoms with E-state index in [1.54, 1.807) is 0 Å². The van der Waals surface area contributed by atoms with Crippen LogP contribution in [0.25, 0.3) is 0 Å². The molecule has 0 unspecified atom stereocenters. The van der Waals surface area contributed by atoms with Crippen LogP contribution < -0.4 is 11.5 Å². The molecule has 236 valence electrons. The maximum Gasteiger partial charge on any atom is 0.217 e. The average molecular weight is 563 g/mol. The van der Waals surface area contributed by atoms with Crippen LogP contribution >= 0.6 is 0 Å². The second-order valence-electron chi connectivity index (χ2n) is 11.6. The number of amides is 2. The number of carbonyl (C=O) groups excluding carboxylic acids is 2. The maximum absolute atomic E-state index is 10.5. The van der Waals surface area contributed by atoms with E-state index in [9.17, 15) is 9.59 Å². The van der Waals surface area contributed by atoms with E-state index in [-0.39, 0.29) is 11.8 Å². The minimum atomic E-state index is -0.164. The van der Waals surface area contributed by atoms with Crippen molar-refractivity contribution in [3.05, 3.63) is 24.3 Å². The van der Waals surface area contributed by atoms with Gasteiger partial charge in [0.15, 0.2) is 0 Å². The first kappa shape index (κ1) is 40.6. The van der Waals surface area contributed by atoms with E-state index >= 15 is 0 Å². The smallest absolute Gasteiger partial charge is 0.217 e. The molecule has 0 atom stereocenters. The highest BCUT2D eigenvalue weighted by Gasteiger charge is 1.95. The van der Waals surface area contributed by atoms with Crippen molar-refractivity contribution in [2.24, 2.45) is 11.5 Å². The highest BCUT2D eigenvalue weighted by molar-refractivity contribution is 5.73. The summed E-state index contributed by atoms with van der Waals surface area (Å²) < 4.78 is 0. The van der Waals surface area contributed by atoms with Crippen molar-refractivity contribution in [1.82, 2.24) is 0 Å². The largest absolute Gasteiger partial charge is 0.370 e. The van der Waals surface area contributed by atoms with Crippen LogP contribution in [-0.2, 0) is 9.59 Å². The summed E-state index contributed by atoms with van der Waals surface area (Å²) in [5.74, 6) is -0.328. The molecule has 0 bridgehead atoms. The summed E-state index contributed by atoms with van der Waals surface area (Å²) in [4.78, 5) is 21.1. The number of carbonyl (C=O) groups is 2. The first-order valence-electron chi connectivity index (χ1n) is 17.4. The van der Waals surface area contributed by atoms with Crippen molar-refractivity contribution in [1.29, 1.82) is 0 Å². The predicted molar refractivity (Wildman–Crippen MR) is 177 cm³/mol. The van der Waals surface area contributed by atoms with Crippen LogP contribution in [0.4, 0.5) is 0 Å². The van der Waals surface area contributed by atoms with Gasteiger partial charge in [0.05, 0.1) is 0 Å². The number of hydrogen-bond donors (Lipinski definition) is 2. The molecule has 0 aromatic carbocycles. The summed E-state index contributed by atoms with van der Waals surface area (Å²) >= 11 is 0. The van der Waals surface area contributed by atoms with Crippen LogP contribution in [0.3, 0.4) is 0 Å². The van der Waals surface area contributed by atoms with Gasteiger partial charge >= 0.3 is 0 Å².